The van der Waals surface area contributed by atoms with Gasteiger partial charge in [0.2, 0.25) is 0 Å². The molecule has 1 fully saturated rings. The zero-order valence-corrected chi connectivity index (χ0v) is 11.5. The normalized spacial score (nSPS) is 21.4. The molecule has 0 bridgehead atoms. The number of thioether (sulfide) groups is 1. The second kappa shape index (κ2) is 6.08. The molecule has 1 saturated heterocycles. The summed E-state index contributed by atoms with van der Waals surface area (Å²) in [6.45, 7) is 0. The summed E-state index contributed by atoms with van der Waals surface area (Å²) >= 11 is 1.61. The van der Waals surface area contributed by atoms with Crippen molar-refractivity contribution < 1.29 is 23.1 Å². The lowest BCUT2D eigenvalue weighted by Crippen LogP contribution is -2.28. The number of rotatable bonds is 3. The molecule has 0 aliphatic carbocycles. The molecule has 6 heteroatoms. The SMILES string of the molecule is O=C(O)C(c1ccccc1C(F)(F)F)C1CCCSC1. The second-order valence-corrected chi connectivity index (χ2v) is 6.03. The molecule has 0 spiro atoms. The van der Waals surface area contributed by atoms with E-state index in [0.29, 0.717) is 12.2 Å². The molecule has 2 atom stereocenters. The molecule has 2 nitrogen and oxygen atoms in total. The number of benzene rings is 1. The fraction of sp³-hybridized carbons (Fsp3) is 0.500. The monoisotopic (exact) mass is 304 g/mol. The van der Waals surface area contributed by atoms with Gasteiger partial charge in [-0.3, -0.25) is 4.79 Å². The van der Waals surface area contributed by atoms with Crippen LogP contribution >= 0.6 is 11.8 Å². The first-order valence-corrected chi connectivity index (χ1v) is 7.53. The molecule has 1 aliphatic heterocycles. The third-order valence-electron chi connectivity index (χ3n) is 3.53. The van der Waals surface area contributed by atoms with Crippen LogP contribution in [0.4, 0.5) is 13.2 Å². The highest BCUT2D eigenvalue weighted by atomic mass is 32.2. The van der Waals surface area contributed by atoms with Crippen LogP contribution in [0.1, 0.15) is 29.9 Å². The van der Waals surface area contributed by atoms with Crippen LogP contribution < -0.4 is 0 Å². The zero-order chi connectivity index (χ0) is 14.8. The topological polar surface area (TPSA) is 37.3 Å². The quantitative estimate of drug-likeness (QED) is 0.916. The van der Waals surface area contributed by atoms with Gasteiger partial charge in [0.15, 0.2) is 0 Å². The highest BCUT2D eigenvalue weighted by Crippen LogP contribution is 2.41. The maximum Gasteiger partial charge on any atom is 0.416 e. The summed E-state index contributed by atoms with van der Waals surface area (Å²) in [6.07, 6.45) is -3.00. The van der Waals surface area contributed by atoms with Crippen LogP contribution in [0.5, 0.6) is 0 Å². The molecule has 2 rings (SSSR count). The molecule has 0 radical (unpaired) electrons. The highest BCUT2D eigenvalue weighted by Gasteiger charge is 2.39. The minimum atomic E-state index is -4.52. The van der Waals surface area contributed by atoms with Gasteiger partial charge in [-0.1, -0.05) is 18.2 Å². The molecular weight excluding hydrogens is 289 g/mol. The van der Waals surface area contributed by atoms with Crippen LogP contribution in [0.2, 0.25) is 0 Å². The van der Waals surface area contributed by atoms with Crippen LogP contribution in [0, 0.1) is 5.92 Å². The molecule has 1 aromatic carbocycles. The molecule has 1 N–H and O–H groups in total. The summed E-state index contributed by atoms with van der Waals surface area (Å²) in [5, 5.41) is 9.39. The van der Waals surface area contributed by atoms with E-state index < -0.39 is 23.6 Å². The molecule has 0 saturated carbocycles. The van der Waals surface area contributed by atoms with Gasteiger partial charge in [0.1, 0.15) is 0 Å². The molecule has 20 heavy (non-hydrogen) atoms. The number of aliphatic carboxylic acids is 1. The Labute approximate surface area is 119 Å². The van der Waals surface area contributed by atoms with Gasteiger partial charge in [0.05, 0.1) is 11.5 Å². The average molecular weight is 304 g/mol. The number of hydrogen-bond acceptors (Lipinski definition) is 2. The Morgan fingerprint density at radius 2 is 2.05 bits per heavy atom. The predicted molar refractivity (Wildman–Crippen MR) is 71.9 cm³/mol. The average Bonchev–Trinajstić information content (AvgIpc) is 2.39. The van der Waals surface area contributed by atoms with Crippen molar-refractivity contribution in [2.24, 2.45) is 5.92 Å². The first-order chi connectivity index (χ1) is 9.41. The van der Waals surface area contributed by atoms with E-state index in [1.807, 2.05) is 0 Å². The minimum Gasteiger partial charge on any atom is -0.481 e. The van der Waals surface area contributed by atoms with E-state index >= 15 is 0 Å². The summed E-state index contributed by atoms with van der Waals surface area (Å²) in [5.41, 5.74) is -0.942. The minimum absolute atomic E-state index is 0.111. The van der Waals surface area contributed by atoms with Gasteiger partial charge < -0.3 is 5.11 Å². The summed E-state index contributed by atoms with van der Waals surface area (Å²) in [7, 11) is 0. The van der Waals surface area contributed by atoms with Gasteiger partial charge >= 0.3 is 12.1 Å². The lowest BCUT2D eigenvalue weighted by atomic mass is 9.82. The molecular formula is C14H15F3O2S. The van der Waals surface area contributed by atoms with Crippen LogP contribution in [0.3, 0.4) is 0 Å². The number of carbonyl (C=O) groups is 1. The van der Waals surface area contributed by atoms with Crippen molar-refractivity contribution in [2.75, 3.05) is 11.5 Å². The lowest BCUT2D eigenvalue weighted by Gasteiger charge is -2.29. The van der Waals surface area contributed by atoms with Crippen molar-refractivity contribution in [3.05, 3.63) is 35.4 Å². The van der Waals surface area contributed by atoms with E-state index in [2.05, 4.69) is 0 Å². The molecule has 1 aromatic rings. The van der Waals surface area contributed by atoms with Gasteiger partial charge in [0.25, 0.3) is 0 Å². The van der Waals surface area contributed by atoms with Crippen LogP contribution in [0.15, 0.2) is 24.3 Å². The van der Waals surface area contributed by atoms with Crippen molar-refractivity contribution in [1.29, 1.82) is 0 Å². The summed E-state index contributed by atoms with van der Waals surface area (Å²) in [5.74, 6) is -0.947. The Morgan fingerprint density at radius 3 is 2.60 bits per heavy atom. The Bertz CT molecular complexity index is 482. The largest absolute Gasteiger partial charge is 0.481 e. The number of halogens is 3. The van der Waals surface area contributed by atoms with Crippen LogP contribution in [-0.4, -0.2) is 22.6 Å². The van der Waals surface area contributed by atoms with E-state index in [9.17, 15) is 23.1 Å². The van der Waals surface area contributed by atoms with E-state index in [1.54, 1.807) is 11.8 Å². The molecule has 2 unspecified atom stereocenters. The number of carboxylic acids is 1. The van der Waals surface area contributed by atoms with E-state index in [1.165, 1.54) is 18.2 Å². The van der Waals surface area contributed by atoms with Crippen molar-refractivity contribution in [3.8, 4) is 0 Å². The third-order valence-corrected chi connectivity index (χ3v) is 4.78. The second-order valence-electron chi connectivity index (χ2n) is 4.88. The molecule has 1 aliphatic rings. The van der Waals surface area contributed by atoms with Crippen LogP contribution in [0.25, 0.3) is 0 Å². The number of hydrogen-bond donors (Lipinski definition) is 1. The Kier molecular flexibility index (Phi) is 4.62. The standard InChI is InChI=1S/C14H15F3O2S/c15-14(16,17)11-6-2-1-5-10(11)12(13(18)19)9-4-3-7-20-8-9/h1-2,5-6,9,12H,3-4,7-8H2,(H,18,19). The smallest absolute Gasteiger partial charge is 0.416 e. The highest BCUT2D eigenvalue weighted by molar-refractivity contribution is 7.99. The summed E-state index contributed by atoms with van der Waals surface area (Å²) in [4.78, 5) is 11.5. The maximum atomic E-state index is 13.0. The molecule has 110 valence electrons. The zero-order valence-electron chi connectivity index (χ0n) is 10.7. The number of alkyl halides is 3. The predicted octanol–water partition coefficient (Wildman–Crippen LogP) is 4.02. The van der Waals surface area contributed by atoms with E-state index in [0.717, 1.165) is 18.2 Å². The Balaban J connectivity index is 2.42. The van der Waals surface area contributed by atoms with Gasteiger partial charge in [-0.2, -0.15) is 24.9 Å². The van der Waals surface area contributed by atoms with Crippen molar-refractivity contribution in [3.63, 3.8) is 0 Å². The Hall–Kier alpha value is -1.17. The van der Waals surface area contributed by atoms with Crippen molar-refractivity contribution in [2.45, 2.75) is 24.9 Å². The van der Waals surface area contributed by atoms with Gasteiger partial charge in [-0.05, 0) is 41.9 Å². The summed E-state index contributed by atoms with van der Waals surface area (Å²) in [6, 6.07) is 5.01. The van der Waals surface area contributed by atoms with Gasteiger partial charge in [-0.25, -0.2) is 0 Å². The van der Waals surface area contributed by atoms with Gasteiger partial charge in [0, 0.05) is 0 Å². The van der Waals surface area contributed by atoms with Crippen molar-refractivity contribution in [1.82, 2.24) is 0 Å². The molecule has 0 amide bonds. The van der Waals surface area contributed by atoms with Crippen molar-refractivity contribution >= 4 is 17.7 Å². The maximum absolute atomic E-state index is 13.0. The Morgan fingerprint density at radius 1 is 1.35 bits per heavy atom. The first-order valence-electron chi connectivity index (χ1n) is 6.38. The first kappa shape index (κ1) is 15.2. The van der Waals surface area contributed by atoms with E-state index in [4.69, 9.17) is 0 Å². The molecule has 1 heterocycles. The van der Waals surface area contributed by atoms with E-state index in [-0.39, 0.29) is 11.5 Å². The van der Waals surface area contributed by atoms with Gasteiger partial charge in [-0.15, -0.1) is 0 Å². The fourth-order valence-corrected chi connectivity index (χ4v) is 3.84. The molecule has 0 aromatic heterocycles. The third kappa shape index (κ3) is 3.29. The van der Waals surface area contributed by atoms with Crippen LogP contribution in [-0.2, 0) is 11.0 Å². The summed E-state index contributed by atoms with van der Waals surface area (Å²) < 4.78 is 39.1. The lowest BCUT2D eigenvalue weighted by molar-refractivity contribution is -0.142. The fourth-order valence-electron chi connectivity index (χ4n) is 2.64. The number of carboxylic acid groups (broad SMARTS) is 1.